The van der Waals surface area contributed by atoms with Gasteiger partial charge < -0.3 is 5.11 Å². The molecule has 0 atom stereocenters. The Labute approximate surface area is 121 Å². The molecule has 0 saturated heterocycles. The van der Waals surface area contributed by atoms with Gasteiger partial charge in [-0.3, -0.25) is 4.79 Å². The molecule has 19 heavy (non-hydrogen) atoms. The van der Waals surface area contributed by atoms with Crippen molar-refractivity contribution in [2.24, 2.45) is 0 Å². The summed E-state index contributed by atoms with van der Waals surface area (Å²) in [6.45, 7) is 3.40. The van der Waals surface area contributed by atoms with Crippen LogP contribution >= 0.6 is 15.9 Å². The molecule has 0 amide bonds. The van der Waals surface area contributed by atoms with Gasteiger partial charge in [-0.05, 0) is 32.0 Å². The summed E-state index contributed by atoms with van der Waals surface area (Å²) >= 11 is 3.23. The van der Waals surface area contributed by atoms with Crippen molar-refractivity contribution in [3.05, 3.63) is 28.7 Å². The number of rotatable bonds is 6. The third kappa shape index (κ3) is 4.29. The van der Waals surface area contributed by atoms with Crippen molar-refractivity contribution in [2.75, 3.05) is 6.54 Å². The predicted molar refractivity (Wildman–Crippen MR) is 75.4 cm³/mol. The highest BCUT2D eigenvalue weighted by molar-refractivity contribution is 9.10. The van der Waals surface area contributed by atoms with Gasteiger partial charge in [-0.25, -0.2) is 8.42 Å². The standard InChI is InChI=1S/C12H16BrNO4S/c1-9(2)14(7-6-12(15)16)19(17,18)11-5-3-4-10(13)8-11/h3-5,8-9H,6-7H2,1-2H3,(H,15,16). The van der Waals surface area contributed by atoms with Gasteiger partial charge in [-0.2, -0.15) is 4.31 Å². The zero-order valence-electron chi connectivity index (χ0n) is 10.7. The molecule has 0 aliphatic rings. The Morgan fingerprint density at radius 3 is 2.53 bits per heavy atom. The van der Waals surface area contributed by atoms with Gasteiger partial charge >= 0.3 is 5.97 Å². The fraction of sp³-hybridized carbons (Fsp3) is 0.417. The lowest BCUT2D eigenvalue weighted by atomic mass is 10.3. The molecular formula is C12H16BrNO4S. The number of hydrogen-bond donors (Lipinski definition) is 1. The minimum absolute atomic E-state index is 0.0398. The fourth-order valence-corrected chi connectivity index (χ4v) is 3.86. The maximum absolute atomic E-state index is 12.5. The quantitative estimate of drug-likeness (QED) is 0.855. The van der Waals surface area contributed by atoms with Crippen molar-refractivity contribution in [1.29, 1.82) is 0 Å². The number of carbonyl (C=O) groups is 1. The highest BCUT2D eigenvalue weighted by Gasteiger charge is 2.27. The molecule has 0 saturated carbocycles. The van der Waals surface area contributed by atoms with E-state index in [9.17, 15) is 13.2 Å². The summed E-state index contributed by atoms with van der Waals surface area (Å²) < 4.78 is 26.8. The Morgan fingerprint density at radius 2 is 2.05 bits per heavy atom. The summed E-state index contributed by atoms with van der Waals surface area (Å²) in [6.07, 6.45) is -0.217. The fourth-order valence-electron chi connectivity index (χ4n) is 1.62. The zero-order valence-corrected chi connectivity index (χ0v) is 13.1. The first-order valence-corrected chi connectivity index (χ1v) is 7.97. The molecule has 0 aliphatic carbocycles. The van der Waals surface area contributed by atoms with Gasteiger partial charge in [-0.1, -0.05) is 22.0 Å². The van der Waals surface area contributed by atoms with Crippen LogP contribution in [-0.2, 0) is 14.8 Å². The molecule has 106 valence electrons. The molecule has 0 radical (unpaired) electrons. The van der Waals surface area contributed by atoms with Crippen LogP contribution in [0.1, 0.15) is 20.3 Å². The molecule has 0 heterocycles. The maximum atomic E-state index is 12.5. The number of sulfonamides is 1. The SMILES string of the molecule is CC(C)N(CCC(=O)O)S(=O)(=O)c1cccc(Br)c1. The molecule has 1 aromatic carbocycles. The smallest absolute Gasteiger partial charge is 0.304 e. The van der Waals surface area contributed by atoms with Gasteiger partial charge in [0, 0.05) is 17.1 Å². The first-order chi connectivity index (χ1) is 8.75. The summed E-state index contributed by atoms with van der Waals surface area (Å²) in [4.78, 5) is 10.8. The van der Waals surface area contributed by atoms with E-state index < -0.39 is 16.0 Å². The largest absolute Gasteiger partial charge is 0.481 e. The number of aliphatic carboxylic acids is 1. The van der Waals surface area contributed by atoms with E-state index in [1.807, 2.05) is 0 Å². The molecule has 7 heteroatoms. The van der Waals surface area contributed by atoms with E-state index in [0.29, 0.717) is 4.47 Å². The Kier molecular flexibility index (Phi) is 5.51. The third-order valence-electron chi connectivity index (χ3n) is 2.52. The first-order valence-electron chi connectivity index (χ1n) is 5.74. The summed E-state index contributed by atoms with van der Waals surface area (Å²) in [5.74, 6) is -1.02. The molecule has 0 fully saturated rings. The molecule has 1 N–H and O–H groups in total. The van der Waals surface area contributed by atoms with Crippen molar-refractivity contribution in [3.8, 4) is 0 Å². The normalized spacial score (nSPS) is 12.1. The van der Waals surface area contributed by atoms with Crippen LogP contribution in [0.25, 0.3) is 0 Å². The average Bonchev–Trinajstić information content (AvgIpc) is 2.27. The summed E-state index contributed by atoms with van der Waals surface area (Å²) in [5, 5.41) is 8.70. The van der Waals surface area contributed by atoms with Crippen molar-refractivity contribution < 1.29 is 18.3 Å². The predicted octanol–water partition coefficient (Wildman–Crippen LogP) is 2.32. The lowest BCUT2D eigenvalue weighted by molar-refractivity contribution is -0.137. The topological polar surface area (TPSA) is 74.7 Å². The Balaban J connectivity index is 3.09. The van der Waals surface area contributed by atoms with E-state index in [0.717, 1.165) is 0 Å². The highest BCUT2D eigenvalue weighted by atomic mass is 79.9. The Hall–Kier alpha value is -0.920. The van der Waals surface area contributed by atoms with Crippen LogP contribution in [0.2, 0.25) is 0 Å². The van der Waals surface area contributed by atoms with Crippen LogP contribution in [0, 0.1) is 0 Å². The molecule has 1 aromatic rings. The monoisotopic (exact) mass is 349 g/mol. The first kappa shape index (κ1) is 16.1. The van der Waals surface area contributed by atoms with E-state index in [-0.39, 0.29) is 23.9 Å². The van der Waals surface area contributed by atoms with E-state index in [2.05, 4.69) is 15.9 Å². The van der Waals surface area contributed by atoms with Crippen LogP contribution in [0.5, 0.6) is 0 Å². The number of benzene rings is 1. The van der Waals surface area contributed by atoms with Crippen LogP contribution in [0.4, 0.5) is 0 Å². The lowest BCUT2D eigenvalue weighted by Gasteiger charge is -2.25. The Morgan fingerprint density at radius 1 is 1.42 bits per heavy atom. The van der Waals surface area contributed by atoms with E-state index in [1.54, 1.807) is 26.0 Å². The van der Waals surface area contributed by atoms with Gasteiger partial charge in [0.1, 0.15) is 0 Å². The van der Waals surface area contributed by atoms with Gasteiger partial charge in [0.2, 0.25) is 10.0 Å². The average molecular weight is 350 g/mol. The second-order valence-electron chi connectivity index (χ2n) is 4.31. The minimum Gasteiger partial charge on any atom is -0.481 e. The molecule has 1 rings (SSSR count). The van der Waals surface area contributed by atoms with E-state index in [4.69, 9.17) is 5.11 Å². The lowest BCUT2D eigenvalue weighted by Crippen LogP contribution is -2.38. The number of hydrogen-bond acceptors (Lipinski definition) is 3. The third-order valence-corrected chi connectivity index (χ3v) is 5.09. The van der Waals surface area contributed by atoms with Crippen molar-refractivity contribution in [3.63, 3.8) is 0 Å². The molecule has 0 spiro atoms. The summed E-state index contributed by atoms with van der Waals surface area (Å²) in [6, 6.07) is 6.06. The van der Waals surface area contributed by atoms with Crippen molar-refractivity contribution in [1.82, 2.24) is 4.31 Å². The molecule has 0 unspecified atom stereocenters. The number of halogens is 1. The Bertz CT molecular complexity index is 557. The number of nitrogens with zero attached hydrogens (tertiary/aromatic N) is 1. The number of carboxylic acid groups (broad SMARTS) is 1. The van der Waals surface area contributed by atoms with Gasteiger partial charge in [0.05, 0.1) is 11.3 Å². The van der Waals surface area contributed by atoms with E-state index >= 15 is 0 Å². The summed E-state index contributed by atoms with van der Waals surface area (Å²) in [7, 11) is -3.68. The highest BCUT2D eigenvalue weighted by Crippen LogP contribution is 2.21. The second-order valence-corrected chi connectivity index (χ2v) is 7.12. The van der Waals surface area contributed by atoms with Crippen LogP contribution < -0.4 is 0 Å². The second kappa shape index (κ2) is 6.49. The maximum Gasteiger partial charge on any atom is 0.304 e. The molecule has 0 aliphatic heterocycles. The van der Waals surface area contributed by atoms with Crippen LogP contribution in [-0.4, -0.2) is 36.4 Å². The van der Waals surface area contributed by atoms with Crippen LogP contribution in [0.15, 0.2) is 33.6 Å². The molecular weight excluding hydrogens is 334 g/mol. The number of carboxylic acids is 1. The summed E-state index contributed by atoms with van der Waals surface area (Å²) in [5.41, 5.74) is 0. The minimum atomic E-state index is -3.68. The van der Waals surface area contributed by atoms with Gasteiger partial charge in [-0.15, -0.1) is 0 Å². The van der Waals surface area contributed by atoms with Crippen molar-refractivity contribution in [2.45, 2.75) is 31.2 Å². The van der Waals surface area contributed by atoms with E-state index in [1.165, 1.54) is 16.4 Å². The zero-order chi connectivity index (χ0) is 14.6. The van der Waals surface area contributed by atoms with Gasteiger partial charge in [0.15, 0.2) is 0 Å². The van der Waals surface area contributed by atoms with Gasteiger partial charge in [0.25, 0.3) is 0 Å². The van der Waals surface area contributed by atoms with Crippen LogP contribution in [0.3, 0.4) is 0 Å². The molecule has 5 nitrogen and oxygen atoms in total. The molecule has 0 aromatic heterocycles. The molecule has 0 bridgehead atoms. The van der Waals surface area contributed by atoms with Crippen molar-refractivity contribution >= 4 is 31.9 Å².